The van der Waals surface area contributed by atoms with Crippen molar-refractivity contribution in [1.82, 2.24) is 9.38 Å². The molecule has 0 saturated heterocycles. The molecule has 31 heavy (non-hydrogen) atoms. The first-order valence-electron chi connectivity index (χ1n) is 9.55. The maximum absolute atomic E-state index is 12.7. The average Bonchev–Trinajstić information content (AvgIpc) is 3.20. The lowest BCUT2D eigenvalue weighted by Gasteiger charge is -2.11. The molecule has 0 spiro atoms. The van der Waals surface area contributed by atoms with Gasteiger partial charge in [0.1, 0.15) is 23.8 Å². The molecule has 8 nitrogen and oxygen atoms in total. The Balaban J connectivity index is 1.42. The minimum atomic E-state index is -0.620. The number of nitrogens with zero attached hydrogens (tertiary/aromatic N) is 2. The van der Waals surface area contributed by atoms with Crippen LogP contribution in [0.25, 0.3) is 5.65 Å². The first-order chi connectivity index (χ1) is 15.1. The zero-order chi connectivity index (χ0) is 21.6. The Morgan fingerprint density at radius 2 is 1.84 bits per heavy atom. The number of anilines is 1. The molecule has 4 aromatic rings. The lowest BCUT2D eigenvalue weighted by atomic mass is 10.2. The largest absolute Gasteiger partial charge is 0.487 e. The molecule has 2 heterocycles. The SMILES string of the molecule is NC(=O)COc1ccccc1C(=O)Nc1cccc(OCc2cn3ccccc3n2)c1. The first kappa shape index (κ1) is 20.0. The number of carbonyl (C=O) groups is 2. The van der Waals surface area contributed by atoms with Crippen molar-refractivity contribution in [3.05, 3.63) is 90.4 Å². The number of hydrogen-bond donors (Lipinski definition) is 2. The number of hydrogen-bond acceptors (Lipinski definition) is 5. The molecule has 2 aromatic heterocycles. The molecule has 0 radical (unpaired) electrons. The van der Waals surface area contributed by atoms with Crippen molar-refractivity contribution in [2.24, 2.45) is 5.73 Å². The second kappa shape index (κ2) is 9.00. The number of nitrogens with two attached hydrogens (primary N) is 1. The Bertz CT molecular complexity index is 1200. The molecule has 8 heteroatoms. The highest BCUT2D eigenvalue weighted by Crippen LogP contribution is 2.22. The third kappa shape index (κ3) is 4.99. The normalized spacial score (nSPS) is 10.6. The van der Waals surface area contributed by atoms with E-state index in [-0.39, 0.29) is 18.3 Å². The van der Waals surface area contributed by atoms with E-state index in [4.69, 9.17) is 15.2 Å². The molecule has 0 bridgehead atoms. The maximum atomic E-state index is 12.7. The van der Waals surface area contributed by atoms with E-state index < -0.39 is 5.91 Å². The molecule has 2 aromatic carbocycles. The molecule has 0 aliphatic rings. The number of pyridine rings is 1. The van der Waals surface area contributed by atoms with Gasteiger partial charge >= 0.3 is 0 Å². The second-order valence-electron chi connectivity index (χ2n) is 6.72. The number of benzene rings is 2. The topological polar surface area (TPSA) is 108 Å². The average molecular weight is 416 g/mol. The molecule has 0 fully saturated rings. The maximum Gasteiger partial charge on any atom is 0.259 e. The Kier molecular flexibility index (Phi) is 5.79. The quantitative estimate of drug-likeness (QED) is 0.459. The second-order valence-corrected chi connectivity index (χ2v) is 6.72. The van der Waals surface area contributed by atoms with Crippen LogP contribution in [0.3, 0.4) is 0 Å². The van der Waals surface area contributed by atoms with Crippen LogP contribution in [-0.4, -0.2) is 27.8 Å². The van der Waals surface area contributed by atoms with Gasteiger partial charge in [0.05, 0.1) is 11.3 Å². The minimum Gasteiger partial charge on any atom is -0.487 e. The van der Waals surface area contributed by atoms with Crippen LogP contribution in [0.4, 0.5) is 5.69 Å². The minimum absolute atomic E-state index is 0.276. The fourth-order valence-electron chi connectivity index (χ4n) is 3.01. The number of fused-ring (bicyclic) bond motifs is 1. The van der Waals surface area contributed by atoms with Crippen LogP contribution in [0.15, 0.2) is 79.1 Å². The summed E-state index contributed by atoms with van der Waals surface area (Å²) in [5.74, 6) is -0.130. The van der Waals surface area contributed by atoms with Crippen LogP contribution >= 0.6 is 0 Å². The van der Waals surface area contributed by atoms with Crippen LogP contribution < -0.4 is 20.5 Å². The highest BCUT2D eigenvalue weighted by atomic mass is 16.5. The Morgan fingerprint density at radius 1 is 1.00 bits per heavy atom. The van der Waals surface area contributed by atoms with E-state index in [1.165, 1.54) is 0 Å². The summed E-state index contributed by atoms with van der Waals surface area (Å²) in [4.78, 5) is 28.2. The van der Waals surface area contributed by atoms with Crippen LogP contribution in [0.5, 0.6) is 11.5 Å². The summed E-state index contributed by atoms with van der Waals surface area (Å²) in [5, 5.41) is 2.81. The predicted molar refractivity (Wildman–Crippen MR) is 115 cm³/mol. The molecule has 0 saturated carbocycles. The van der Waals surface area contributed by atoms with Gasteiger partial charge in [-0.3, -0.25) is 9.59 Å². The number of aromatic nitrogens is 2. The van der Waals surface area contributed by atoms with Crippen LogP contribution in [0.1, 0.15) is 16.1 Å². The monoisotopic (exact) mass is 416 g/mol. The molecule has 0 aliphatic heterocycles. The van der Waals surface area contributed by atoms with Crippen molar-refractivity contribution < 1.29 is 19.1 Å². The summed E-state index contributed by atoms with van der Waals surface area (Å²) in [6.45, 7) is -0.0143. The Morgan fingerprint density at radius 3 is 2.68 bits per heavy atom. The lowest BCUT2D eigenvalue weighted by molar-refractivity contribution is -0.119. The number of ether oxygens (including phenoxy) is 2. The van der Waals surface area contributed by atoms with Gasteiger partial charge in [0.2, 0.25) is 0 Å². The fraction of sp³-hybridized carbons (Fsp3) is 0.0870. The number of amides is 2. The van der Waals surface area contributed by atoms with Gasteiger partial charge in [-0.1, -0.05) is 24.3 Å². The third-order valence-corrected chi connectivity index (χ3v) is 4.39. The van der Waals surface area contributed by atoms with E-state index in [0.717, 1.165) is 11.3 Å². The smallest absolute Gasteiger partial charge is 0.259 e. The van der Waals surface area contributed by atoms with Gasteiger partial charge in [0.15, 0.2) is 6.61 Å². The lowest BCUT2D eigenvalue weighted by Crippen LogP contribution is -2.21. The van der Waals surface area contributed by atoms with Crippen molar-refractivity contribution in [2.75, 3.05) is 11.9 Å². The number of para-hydroxylation sites is 1. The molecular formula is C23H20N4O4. The number of carbonyl (C=O) groups excluding carboxylic acids is 2. The van der Waals surface area contributed by atoms with Gasteiger partial charge < -0.3 is 24.9 Å². The fourth-order valence-corrected chi connectivity index (χ4v) is 3.01. The summed E-state index contributed by atoms with van der Waals surface area (Å²) in [6, 6.07) is 19.5. The van der Waals surface area contributed by atoms with Crippen molar-refractivity contribution in [1.29, 1.82) is 0 Å². The first-order valence-corrected chi connectivity index (χ1v) is 9.55. The van der Waals surface area contributed by atoms with Crippen molar-refractivity contribution in [3.8, 4) is 11.5 Å². The number of primary amides is 1. The number of imidazole rings is 1. The highest BCUT2D eigenvalue weighted by molar-refractivity contribution is 6.06. The molecule has 0 unspecified atom stereocenters. The Hall–Kier alpha value is -4.33. The van der Waals surface area contributed by atoms with E-state index in [1.54, 1.807) is 48.5 Å². The third-order valence-electron chi connectivity index (χ3n) is 4.39. The van der Waals surface area contributed by atoms with Gasteiger partial charge in [0, 0.05) is 24.1 Å². The van der Waals surface area contributed by atoms with Gasteiger partial charge in [-0.15, -0.1) is 0 Å². The van der Waals surface area contributed by atoms with Crippen molar-refractivity contribution in [2.45, 2.75) is 6.61 Å². The molecule has 0 aliphatic carbocycles. The standard InChI is InChI=1S/C23H20N4O4/c24-21(28)15-31-20-9-2-1-8-19(20)23(29)26-16-6-5-7-18(12-16)30-14-17-13-27-11-4-3-10-22(27)25-17/h1-13H,14-15H2,(H2,24,28)(H,26,29). The highest BCUT2D eigenvalue weighted by Gasteiger charge is 2.13. The Labute approximate surface area is 178 Å². The van der Waals surface area contributed by atoms with Crippen molar-refractivity contribution >= 4 is 23.1 Å². The summed E-state index contributed by atoms with van der Waals surface area (Å²) < 4.78 is 13.1. The number of rotatable bonds is 8. The van der Waals surface area contributed by atoms with E-state index in [9.17, 15) is 9.59 Å². The molecule has 2 amide bonds. The van der Waals surface area contributed by atoms with Crippen LogP contribution in [0.2, 0.25) is 0 Å². The van der Waals surface area contributed by atoms with E-state index in [2.05, 4.69) is 10.3 Å². The predicted octanol–water partition coefficient (Wildman–Crippen LogP) is 3.03. The van der Waals surface area contributed by atoms with Crippen LogP contribution in [-0.2, 0) is 11.4 Å². The zero-order valence-electron chi connectivity index (χ0n) is 16.5. The zero-order valence-corrected chi connectivity index (χ0v) is 16.5. The summed E-state index contributed by atoms with van der Waals surface area (Å²) in [7, 11) is 0. The number of nitrogens with one attached hydrogen (secondary N) is 1. The molecule has 156 valence electrons. The van der Waals surface area contributed by atoms with Gasteiger partial charge in [0.25, 0.3) is 11.8 Å². The van der Waals surface area contributed by atoms with E-state index in [0.29, 0.717) is 23.6 Å². The molecule has 3 N–H and O–H groups in total. The summed E-state index contributed by atoms with van der Waals surface area (Å²) in [6.07, 6.45) is 3.83. The van der Waals surface area contributed by atoms with Gasteiger partial charge in [-0.25, -0.2) is 4.98 Å². The molecule has 4 rings (SSSR count). The van der Waals surface area contributed by atoms with Crippen molar-refractivity contribution in [3.63, 3.8) is 0 Å². The van der Waals surface area contributed by atoms with E-state index >= 15 is 0 Å². The molecular weight excluding hydrogens is 396 g/mol. The van der Waals surface area contributed by atoms with Gasteiger partial charge in [-0.2, -0.15) is 0 Å². The van der Waals surface area contributed by atoms with E-state index in [1.807, 2.05) is 35.0 Å². The molecule has 0 atom stereocenters. The van der Waals surface area contributed by atoms with Crippen LogP contribution in [0, 0.1) is 0 Å². The van der Waals surface area contributed by atoms with Gasteiger partial charge in [-0.05, 0) is 36.4 Å². The summed E-state index contributed by atoms with van der Waals surface area (Å²) in [5.41, 5.74) is 7.60. The summed E-state index contributed by atoms with van der Waals surface area (Å²) >= 11 is 0.